The van der Waals surface area contributed by atoms with Crippen LogP contribution >= 0.6 is 23.5 Å². The monoisotopic (exact) mass is 314 g/mol. The summed E-state index contributed by atoms with van der Waals surface area (Å²) >= 11 is 2.69. The lowest BCUT2D eigenvalue weighted by atomic mass is 10.1. The number of rotatable bonds is 4. The van der Waals surface area contributed by atoms with Crippen LogP contribution in [0.1, 0.15) is 0 Å². The number of oxazole rings is 1. The van der Waals surface area contributed by atoms with E-state index in [-0.39, 0.29) is 5.70 Å². The van der Waals surface area contributed by atoms with Crippen LogP contribution < -0.4 is 0 Å². The average Bonchev–Trinajstić information content (AvgIpc) is 2.96. The molecule has 2 atom stereocenters. The molecule has 1 fully saturated rings. The summed E-state index contributed by atoms with van der Waals surface area (Å²) in [6.45, 7) is 0. The molecular formula is C11H10N2O5S2. The molecule has 0 bridgehead atoms. The fourth-order valence-corrected chi connectivity index (χ4v) is 4.27. The Kier molecular flexibility index (Phi) is 3.48. The smallest absolute Gasteiger partial charge is 0.352 e. The molecule has 7 nitrogen and oxygen atoms in total. The first-order chi connectivity index (χ1) is 9.59. The number of carboxylic acid groups (broad SMARTS) is 1. The number of fused-ring (bicyclic) bond motifs is 1. The molecule has 0 radical (unpaired) electrons. The van der Waals surface area contributed by atoms with Gasteiger partial charge in [0.2, 0.25) is 0 Å². The summed E-state index contributed by atoms with van der Waals surface area (Å²) in [5.74, 6) is -0.837. The highest BCUT2D eigenvalue weighted by Gasteiger charge is 2.52. The Hall–Kier alpha value is -1.45. The summed E-state index contributed by atoms with van der Waals surface area (Å²) in [5, 5.41) is 18.9. The van der Waals surface area contributed by atoms with E-state index in [0.29, 0.717) is 22.2 Å². The molecule has 0 aromatic carbocycles. The molecule has 3 heterocycles. The highest BCUT2D eigenvalue weighted by atomic mass is 32.2. The molecule has 3 rings (SSSR count). The first-order valence-corrected chi connectivity index (χ1v) is 7.72. The normalized spacial score (nSPS) is 25.4. The minimum absolute atomic E-state index is 0.0175. The second-order valence-electron chi connectivity index (χ2n) is 4.22. The van der Waals surface area contributed by atoms with Crippen LogP contribution in [-0.2, 0) is 9.59 Å². The van der Waals surface area contributed by atoms with Gasteiger partial charge in [-0.25, -0.2) is 9.78 Å². The Labute approximate surface area is 122 Å². The summed E-state index contributed by atoms with van der Waals surface area (Å²) in [6.07, 6.45) is 1.75. The molecule has 1 saturated heterocycles. The lowest BCUT2D eigenvalue weighted by Crippen LogP contribution is -2.64. The first-order valence-electron chi connectivity index (χ1n) is 5.69. The fourth-order valence-electron chi connectivity index (χ4n) is 2.07. The van der Waals surface area contributed by atoms with Gasteiger partial charge in [-0.2, -0.15) is 0 Å². The second-order valence-corrected chi connectivity index (χ2v) is 6.31. The van der Waals surface area contributed by atoms with E-state index in [1.54, 1.807) is 6.20 Å². The summed E-state index contributed by atoms with van der Waals surface area (Å²) in [5.41, 5.74) is 0.622. The zero-order chi connectivity index (χ0) is 14.3. The molecule has 0 saturated carbocycles. The topological polar surface area (TPSA) is 104 Å². The van der Waals surface area contributed by atoms with Gasteiger partial charge in [-0.05, 0) is 5.57 Å². The number of aliphatic hydroxyl groups excluding tert-OH is 1. The molecule has 106 valence electrons. The number of amides is 1. The molecule has 1 amide bonds. The molecule has 1 aromatic rings. The molecule has 1 aromatic heterocycles. The van der Waals surface area contributed by atoms with Gasteiger partial charge in [0.1, 0.15) is 11.1 Å². The van der Waals surface area contributed by atoms with E-state index in [1.807, 2.05) is 0 Å². The van der Waals surface area contributed by atoms with Crippen LogP contribution in [0.5, 0.6) is 0 Å². The molecular weight excluding hydrogens is 304 g/mol. The predicted molar refractivity (Wildman–Crippen MR) is 71.0 cm³/mol. The number of nitrogens with zero attached hydrogens (tertiary/aromatic N) is 2. The van der Waals surface area contributed by atoms with Gasteiger partial charge in [0.25, 0.3) is 5.91 Å². The van der Waals surface area contributed by atoms with E-state index in [2.05, 4.69) is 4.98 Å². The van der Waals surface area contributed by atoms with Crippen LogP contribution in [0, 0.1) is 0 Å². The van der Waals surface area contributed by atoms with E-state index in [1.165, 1.54) is 29.9 Å². The van der Waals surface area contributed by atoms with Gasteiger partial charge in [-0.15, -0.1) is 11.8 Å². The number of carbonyl (C=O) groups excluding carboxylic acids is 1. The largest absolute Gasteiger partial charge is 0.477 e. The van der Waals surface area contributed by atoms with Crippen molar-refractivity contribution in [1.29, 1.82) is 0 Å². The van der Waals surface area contributed by atoms with Crippen molar-refractivity contribution >= 4 is 35.4 Å². The zero-order valence-corrected chi connectivity index (χ0v) is 11.7. The lowest BCUT2D eigenvalue weighted by Gasteiger charge is -2.47. The molecule has 0 spiro atoms. The van der Waals surface area contributed by atoms with E-state index in [4.69, 9.17) is 4.42 Å². The lowest BCUT2D eigenvalue weighted by molar-refractivity contribution is -0.159. The third-order valence-electron chi connectivity index (χ3n) is 3.02. The third-order valence-corrected chi connectivity index (χ3v) is 5.32. The molecule has 2 N–H and O–H groups in total. The van der Waals surface area contributed by atoms with E-state index >= 15 is 0 Å². The van der Waals surface area contributed by atoms with Crippen molar-refractivity contribution in [2.24, 2.45) is 0 Å². The molecule has 0 aliphatic carbocycles. The van der Waals surface area contributed by atoms with Crippen LogP contribution in [-0.4, -0.2) is 55.0 Å². The molecule has 0 unspecified atom stereocenters. The number of hydrogen-bond acceptors (Lipinski definition) is 7. The number of β-lactam (4-membered cyclic amide) rings is 1. The Morgan fingerprint density at radius 3 is 3.10 bits per heavy atom. The molecule has 20 heavy (non-hydrogen) atoms. The number of aromatic nitrogens is 1. The minimum Gasteiger partial charge on any atom is -0.477 e. The fraction of sp³-hybridized carbons (Fsp3) is 0.364. The van der Waals surface area contributed by atoms with E-state index in [0.717, 1.165) is 4.90 Å². The Morgan fingerprint density at radius 1 is 1.65 bits per heavy atom. The summed E-state index contributed by atoms with van der Waals surface area (Å²) in [7, 11) is 0. The summed E-state index contributed by atoms with van der Waals surface area (Å²) in [4.78, 5) is 27.9. The first kappa shape index (κ1) is 13.5. The van der Waals surface area contributed by atoms with Gasteiger partial charge >= 0.3 is 5.97 Å². The predicted octanol–water partition coefficient (Wildman–Crippen LogP) is 0.381. The Bertz CT molecular complexity index is 586. The number of carboxylic acids is 1. The quantitative estimate of drug-likeness (QED) is 0.607. The standard InChI is InChI=1S/C11H10N2O5S2/c14-8-9(15)13-7(11(16)17)5(3-20-10(8)13)2-19-6-1-12-4-18-6/h1,4,8,10,14H,2-3H2,(H,16,17)/t8-,10+/m1/s1. The van der Waals surface area contributed by atoms with Crippen molar-refractivity contribution in [3.8, 4) is 0 Å². The third kappa shape index (κ3) is 2.11. The van der Waals surface area contributed by atoms with E-state index < -0.39 is 23.4 Å². The SMILES string of the molecule is O=C(O)C1=C(CSc2cnco2)CS[C@H]2[C@H](O)C(=O)N12. The number of aliphatic carboxylic acids is 1. The van der Waals surface area contributed by atoms with Crippen molar-refractivity contribution in [2.75, 3.05) is 11.5 Å². The van der Waals surface area contributed by atoms with Crippen LogP contribution in [0.2, 0.25) is 0 Å². The summed E-state index contributed by atoms with van der Waals surface area (Å²) < 4.78 is 5.07. The molecule has 2 aliphatic heterocycles. The van der Waals surface area contributed by atoms with Gasteiger partial charge in [-0.3, -0.25) is 9.69 Å². The molecule has 2 aliphatic rings. The number of hydrogen-bond donors (Lipinski definition) is 2. The van der Waals surface area contributed by atoms with Crippen molar-refractivity contribution < 1.29 is 24.2 Å². The van der Waals surface area contributed by atoms with Crippen LogP contribution in [0.25, 0.3) is 0 Å². The maximum absolute atomic E-state index is 11.6. The summed E-state index contributed by atoms with van der Waals surface area (Å²) in [6, 6.07) is 0. The van der Waals surface area contributed by atoms with Crippen molar-refractivity contribution in [2.45, 2.75) is 16.6 Å². The average molecular weight is 314 g/mol. The maximum Gasteiger partial charge on any atom is 0.352 e. The van der Waals surface area contributed by atoms with Gasteiger partial charge in [-0.1, -0.05) is 11.8 Å². The second kappa shape index (κ2) is 5.15. The zero-order valence-electron chi connectivity index (χ0n) is 10.1. The number of thioether (sulfide) groups is 2. The minimum atomic E-state index is -1.15. The van der Waals surface area contributed by atoms with Crippen molar-refractivity contribution in [3.63, 3.8) is 0 Å². The maximum atomic E-state index is 11.6. The van der Waals surface area contributed by atoms with Gasteiger partial charge in [0.15, 0.2) is 17.6 Å². The number of aliphatic hydroxyl groups is 1. The Balaban J connectivity index is 1.82. The van der Waals surface area contributed by atoms with Gasteiger partial charge in [0.05, 0.1) is 6.20 Å². The van der Waals surface area contributed by atoms with Crippen LogP contribution in [0.4, 0.5) is 0 Å². The number of carbonyl (C=O) groups is 2. The molecule has 9 heteroatoms. The highest BCUT2D eigenvalue weighted by Crippen LogP contribution is 2.41. The van der Waals surface area contributed by atoms with E-state index in [9.17, 15) is 19.8 Å². The van der Waals surface area contributed by atoms with Crippen LogP contribution in [0.15, 0.2) is 33.4 Å². The van der Waals surface area contributed by atoms with Crippen molar-refractivity contribution in [3.05, 3.63) is 23.9 Å². The van der Waals surface area contributed by atoms with Gasteiger partial charge < -0.3 is 14.6 Å². The highest BCUT2D eigenvalue weighted by molar-refractivity contribution is 8.01. The van der Waals surface area contributed by atoms with Crippen LogP contribution in [0.3, 0.4) is 0 Å². The Morgan fingerprint density at radius 2 is 2.45 bits per heavy atom. The van der Waals surface area contributed by atoms with Crippen molar-refractivity contribution in [1.82, 2.24) is 9.88 Å². The van der Waals surface area contributed by atoms with Gasteiger partial charge in [0, 0.05) is 11.5 Å².